The van der Waals surface area contributed by atoms with E-state index in [1.54, 1.807) is 24.3 Å². The summed E-state index contributed by atoms with van der Waals surface area (Å²) in [4.78, 5) is 60.2. The summed E-state index contributed by atoms with van der Waals surface area (Å²) in [5.41, 5.74) is -0.331. The molecular formula is C36H44O15. The molecule has 15 nitrogen and oxygen atoms in total. The maximum absolute atomic E-state index is 12.3. The number of rotatable bonds is 12. The second-order valence-corrected chi connectivity index (χ2v) is 12.4. The van der Waals surface area contributed by atoms with Crippen LogP contribution in [0.2, 0.25) is 0 Å². The first-order valence-corrected chi connectivity index (χ1v) is 16.4. The zero-order valence-electron chi connectivity index (χ0n) is 29.3. The highest BCUT2D eigenvalue weighted by atomic mass is 16.7. The molecule has 278 valence electrons. The van der Waals surface area contributed by atoms with Crippen molar-refractivity contribution in [3.05, 3.63) is 66.3 Å². The quantitative estimate of drug-likeness (QED) is 0.245. The first-order valence-electron chi connectivity index (χ1n) is 16.4. The highest BCUT2D eigenvalue weighted by molar-refractivity contribution is 5.69. The van der Waals surface area contributed by atoms with Gasteiger partial charge in [0.2, 0.25) is 0 Å². The summed E-state index contributed by atoms with van der Waals surface area (Å²) in [7, 11) is 0. The lowest BCUT2D eigenvalue weighted by Gasteiger charge is -2.46. The molecule has 0 amide bonds. The predicted molar refractivity (Wildman–Crippen MR) is 175 cm³/mol. The number of carbonyl (C=O) groups is 5. The van der Waals surface area contributed by atoms with Crippen LogP contribution in [0.5, 0.6) is 5.75 Å². The number of aliphatic hydroxyl groups excluding tert-OH is 1. The third-order valence-electron chi connectivity index (χ3n) is 7.99. The molecule has 2 aliphatic heterocycles. The van der Waals surface area contributed by atoms with Crippen molar-refractivity contribution in [3.63, 3.8) is 0 Å². The smallest absolute Gasteiger partial charge is 0.303 e. The fourth-order valence-corrected chi connectivity index (χ4v) is 5.86. The number of ether oxygens (including phenoxy) is 9. The molecule has 2 saturated heterocycles. The molecule has 1 aromatic rings. The lowest BCUT2D eigenvalue weighted by atomic mass is 9.91. The van der Waals surface area contributed by atoms with Gasteiger partial charge in [0.05, 0.1) is 12.2 Å². The largest absolute Gasteiger partial charge is 0.479 e. The van der Waals surface area contributed by atoms with E-state index in [2.05, 4.69) is 0 Å². The molecule has 3 aliphatic rings. The average Bonchev–Trinajstić information content (AvgIpc) is 3.24. The van der Waals surface area contributed by atoms with Crippen molar-refractivity contribution < 1.29 is 71.7 Å². The minimum absolute atomic E-state index is 0.0283. The molecule has 4 rings (SSSR count). The Hall–Kier alpha value is -4.57. The van der Waals surface area contributed by atoms with Gasteiger partial charge in [-0.1, -0.05) is 36.4 Å². The van der Waals surface area contributed by atoms with Crippen LogP contribution in [0.3, 0.4) is 0 Å². The van der Waals surface area contributed by atoms with Gasteiger partial charge in [0, 0.05) is 41.0 Å². The Labute approximate surface area is 295 Å². The van der Waals surface area contributed by atoms with Crippen LogP contribution in [0.4, 0.5) is 0 Å². The molecule has 0 radical (unpaired) electrons. The number of esters is 5. The van der Waals surface area contributed by atoms with Gasteiger partial charge in [-0.2, -0.15) is 0 Å². The molecule has 15 heteroatoms. The van der Waals surface area contributed by atoms with E-state index in [0.29, 0.717) is 11.3 Å². The summed E-state index contributed by atoms with van der Waals surface area (Å²) in [6.45, 7) is 6.95. The van der Waals surface area contributed by atoms with Crippen LogP contribution in [0, 0.1) is 0 Å². The Morgan fingerprint density at radius 2 is 1.39 bits per heavy atom. The van der Waals surface area contributed by atoms with E-state index in [4.69, 9.17) is 42.6 Å². The molecule has 1 N–H and O–H groups in total. The van der Waals surface area contributed by atoms with Gasteiger partial charge in [0.1, 0.15) is 42.9 Å². The fraction of sp³-hybridized carbons (Fsp3) is 0.528. The topological polar surface area (TPSA) is 189 Å². The van der Waals surface area contributed by atoms with Gasteiger partial charge in [-0.05, 0) is 36.8 Å². The molecule has 0 aromatic heterocycles. The Kier molecular flexibility index (Phi) is 13.5. The highest BCUT2D eigenvalue weighted by Gasteiger charge is 2.54. The summed E-state index contributed by atoms with van der Waals surface area (Å²) in [6, 6.07) is 9.24. The maximum atomic E-state index is 12.3. The lowest BCUT2D eigenvalue weighted by molar-refractivity contribution is -0.330. The molecule has 0 bridgehead atoms. The lowest BCUT2D eigenvalue weighted by Crippen LogP contribution is -2.64. The molecule has 51 heavy (non-hydrogen) atoms. The standard InChI is InChI=1S/C36H44O15/c1-20(37)43-18-27-17-28(30(42)31(48-27)25-11-10-15-36(6,16-14-25)51-26-12-8-7-9-13-26)49-35-34(47-24(5)41)33(46-23(4)40)32(45-22(3)39)29(50-35)19-44-21(2)38/h7-16,27-35,42H,17-19H2,1-6H3. The molecular weight excluding hydrogens is 672 g/mol. The van der Waals surface area contributed by atoms with Gasteiger partial charge < -0.3 is 47.7 Å². The van der Waals surface area contributed by atoms with Crippen molar-refractivity contribution in [2.24, 2.45) is 0 Å². The van der Waals surface area contributed by atoms with E-state index in [1.807, 2.05) is 43.3 Å². The summed E-state index contributed by atoms with van der Waals surface area (Å²) in [5, 5.41) is 11.8. The van der Waals surface area contributed by atoms with E-state index in [-0.39, 0.29) is 13.0 Å². The van der Waals surface area contributed by atoms with Gasteiger partial charge >= 0.3 is 29.8 Å². The van der Waals surface area contributed by atoms with Crippen LogP contribution >= 0.6 is 0 Å². The fourth-order valence-electron chi connectivity index (χ4n) is 5.86. The number of hydrogen-bond acceptors (Lipinski definition) is 15. The molecule has 2 fully saturated rings. The van der Waals surface area contributed by atoms with Crippen LogP contribution in [0.25, 0.3) is 0 Å². The second-order valence-electron chi connectivity index (χ2n) is 12.4. The number of para-hydroxylation sites is 1. The minimum Gasteiger partial charge on any atom is -0.479 e. The molecule has 10 unspecified atom stereocenters. The van der Waals surface area contributed by atoms with Crippen molar-refractivity contribution in [1.29, 1.82) is 0 Å². The number of hydrogen-bond donors (Lipinski definition) is 1. The summed E-state index contributed by atoms with van der Waals surface area (Å²) >= 11 is 0. The van der Waals surface area contributed by atoms with Crippen molar-refractivity contribution in [1.82, 2.24) is 0 Å². The summed E-state index contributed by atoms with van der Waals surface area (Å²) < 4.78 is 51.7. The van der Waals surface area contributed by atoms with E-state index in [0.717, 1.165) is 27.7 Å². The van der Waals surface area contributed by atoms with Gasteiger partial charge in [-0.25, -0.2) is 0 Å². The predicted octanol–water partition coefficient (Wildman–Crippen LogP) is 2.43. The van der Waals surface area contributed by atoms with E-state index in [9.17, 15) is 29.1 Å². The van der Waals surface area contributed by atoms with Crippen LogP contribution in [-0.4, -0.2) is 109 Å². The van der Waals surface area contributed by atoms with Gasteiger partial charge in [0.25, 0.3) is 0 Å². The molecule has 0 spiro atoms. The van der Waals surface area contributed by atoms with Crippen LogP contribution < -0.4 is 4.74 Å². The summed E-state index contributed by atoms with van der Waals surface area (Å²) in [6.07, 6.45) is -2.66. The Morgan fingerprint density at radius 3 is 2.02 bits per heavy atom. The zero-order valence-corrected chi connectivity index (χ0v) is 29.3. The Bertz CT molecular complexity index is 1500. The van der Waals surface area contributed by atoms with Gasteiger partial charge in [-0.3, -0.25) is 24.0 Å². The SMILES string of the molecule is CC(=O)OCC1CC(OC2OC(COC(C)=O)C(OC(C)=O)C(OC(C)=O)C2OC(C)=O)C(O)C(C2=CC=CC(C)(Oc3ccccc3)C=C2)O1. The zero-order chi connectivity index (χ0) is 37.3. The van der Waals surface area contributed by atoms with Gasteiger partial charge in [-0.15, -0.1) is 0 Å². The highest BCUT2D eigenvalue weighted by Crippen LogP contribution is 2.35. The number of carbonyl (C=O) groups excluding carboxylic acids is 5. The number of benzene rings is 1. The third kappa shape index (κ3) is 11.2. The normalized spacial score (nSPS) is 31.7. The monoisotopic (exact) mass is 716 g/mol. The average molecular weight is 717 g/mol. The van der Waals surface area contributed by atoms with Gasteiger partial charge in [0.15, 0.2) is 24.6 Å². The Morgan fingerprint density at radius 1 is 0.784 bits per heavy atom. The van der Waals surface area contributed by atoms with Crippen LogP contribution in [0.1, 0.15) is 48.0 Å². The minimum atomic E-state index is -1.56. The van der Waals surface area contributed by atoms with E-state index in [1.165, 1.54) is 6.92 Å². The molecule has 1 aliphatic carbocycles. The first-order chi connectivity index (χ1) is 24.1. The molecule has 2 heterocycles. The van der Waals surface area contributed by atoms with Crippen LogP contribution in [-0.2, 0) is 61.9 Å². The van der Waals surface area contributed by atoms with Crippen molar-refractivity contribution in [2.45, 2.75) is 109 Å². The van der Waals surface area contributed by atoms with Crippen molar-refractivity contribution >= 4 is 29.8 Å². The maximum Gasteiger partial charge on any atom is 0.303 e. The molecule has 0 saturated carbocycles. The van der Waals surface area contributed by atoms with Crippen LogP contribution in [0.15, 0.2) is 66.3 Å². The van der Waals surface area contributed by atoms with E-state index < -0.39 is 97.2 Å². The van der Waals surface area contributed by atoms with E-state index >= 15 is 0 Å². The number of allylic oxidation sites excluding steroid dienone is 2. The third-order valence-corrected chi connectivity index (χ3v) is 7.99. The number of aliphatic hydroxyl groups is 1. The molecule has 10 atom stereocenters. The first kappa shape index (κ1) is 39.2. The Balaban J connectivity index is 1.66. The second kappa shape index (κ2) is 17.6. The summed E-state index contributed by atoms with van der Waals surface area (Å²) in [5.74, 6) is -2.99. The van der Waals surface area contributed by atoms with Crippen molar-refractivity contribution in [3.8, 4) is 5.75 Å². The molecule has 1 aromatic carbocycles. The van der Waals surface area contributed by atoms with Crippen molar-refractivity contribution in [2.75, 3.05) is 13.2 Å².